The summed E-state index contributed by atoms with van der Waals surface area (Å²) in [4.78, 5) is 29.3. The second kappa shape index (κ2) is 8.60. The van der Waals surface area contributed by atoms with E-state index in [1.54, 1.807) is 36.9 Å². The van der Waals surface area contributed by atoms with Crippen LogP contribution >= 0.6 is 0 Å². The Morgan fingerprint density at radius 1 is 1.31 bits per heavy atom. The normalized spacial score (nSPS) is 17.0. The van der Waals surface area contributed by atoms with Crippen molar-refractivity contribution < 1.29 is 9.53 Å². The van der Waals surface area contributed by atoms with Gasteiger partial charge in [-0.1, -0.05) is 0 Å². The first-order valence-corrected chi connectivity index (χ1v) is 8.91. The zero-order chi connectivity index (χ0) is 18.4. The van der Waals surface area contributed by atoms with Crippen LogP contribution in [-0.2, 0) is 11.2 Å². The third-order valence-corrected chi connectivity index (χ3v) is 4.53. The van der Waals surface area contributed by atoms with Crippen LogP contribution in [0, 0.1) is 5.92 Å². The lowest BCUT2D eigenvalue weighted by atomic mass is 9.93. The monoisotopic (exact) mass is 355 g/mol. The summed E-state index contributed by atoms with van der Waals surface area (Å²) in [6, 6.07) is 3.59. The molecule has 3 rings (SSSR count). The van der Waals surface area contributed by atoms with Crippen LogP contribution < -0.4 is 9.64 Å². The number of amides is 1. The fourth-order valence-corrected chi connectivity index (χ4v) is 3.28. The molecule has 2 aromatic heterocycles. The van der Waals surface area contributed by atoms with Crippen molar-refractivity contribution in [2.75, 3.05) is 38.7 Å². The number of hydrogen-bond donors (Lipinski definition) is 0. The van der Waals surface area contributed by atoms with Crippen molar-refractivity contribution >= 4 is 11.7 Å². The van der Waals surface area contributed by atoms with Crippen LogP contribution in [0.25, 0.3) is 0 Å². The fourth-order valence-electron chi connectivity index (χ4n) is 3.28. The molecule has 138 valence electrons. The number of pyridine rings is 1. The summed E-state index contributed by atoms with van der Waals surface area (Å²) in [6.45, 7) is 1.57. The Labute approximate surface area is 154 Å². The van der Waals surface area contributed by atoms with Gasteiger partial charge in [0.05, 0.1) is 11.9 Å². The minimum Gasteiger partial charge on any atom is -0.482 e. The van der Waals surface area contributed by atoms with E-state index in [1.807, 2.05) is 23.9 Å². The molecule has 1 aliphatic rings. The number of aromatic nitrogens is 3. The molecule has 0 bridgehead atoms. The van der Waals surface area contributed by atoms with Gasteiger partial charge in [0.25, 0.3) is 5.91 Å². The minimum atomic E-state index is 0.0190. The van der Waals surface area contributed by atoms with Gasteiger partial charge in [-0.05, 0) is 37.3 Å². The molecular formula is C19H25N5O2. The summed E-state index contributed by atoms with van der Waals surface area (Å²) in [5.74, 6) is 1.92. The minimum absolute atomic E-state index is 0.0190. The number of piperidine rings is 1. The summed E-state index contributed by atoms with van der Waals surface area (Å²) in [5.41, 5.74) is 0.989. The number of carbonyl (C=O) groups excluding carboxylic acids is 1. The van der Waals surface area contributed by atoms with Crippen LogP contribution in [0.15, 0.2) is 36.9 Å². The highest BCUT2D eigenvalue weighted by molar-refractivity contribution is 5.77. The molecule has 3 heterocycles. The maximum atomic E-state index is 12.5. The molecule has 0 saturated carbocycles. The third kappa shape index (κ3) is 4.68. The predicted octanol–water partition coefficient (Wildman–Crippen LogP) is 1.80. The highest BCUT2D eigenvalue weighted by Gasteiger charge is 2.25. The Hall–Kier alpha value is -2.70. The lowest BCUT2D eigenvalue weighted by Crippen LogP contribution is -2.42. The summed E-state index contributed by atoms with van der Waals surface area (Å²) >= 11 is 0. The van der Waals surface area contributed by atoms with Gasteiger partial charge in [-0.15, -0.1) is 0 Å². The second-order valence-electron chi connectivity index (χ2n) is 6.75. The van der Waals surface area contributed by atoms with Crippen molar-refractivity contribution in [1.82, 2.24) is 19.9 Å². The van der Waals surface area contributed by atoms with Crippen LogP contribution in [-0.4, -0.2) is 59.6 Å². The Balaban J connectivity index is 1.56. The number of rotatable bonds is 6. The van der Waals surface area contributed by atoms with Gasteiger partial charge in [0.15, 0.2) is 6.61 Å². The smallest absolute Gasteiger partial charge is 0.260 e. The average molecular weight is 355 g/mol. The van der Waals surface area contributed by atoms with Crippen LogP contribution in [0.1, 0.15) is 18.5 Å². The number of ether oxygens (including phenoxy) is 1. The van der Waals surface area contributed by atoms with Gasteiger partial charge in [0.2, 0.25) is 0 Å². The van der Waals surface area contributed by atoms with E-state index in [9.17, 15) is 4.79 Å². The van der Waals surface area contributed by atoms with Crippen LogP contribution in [0.5, 0.6) is 5.75 Å². The summed E-state index contributed by atoms with van der Waals surface area (Å²) in [7, 11) is 3.94. The molecule has 7 heteroatoms. The first-order valence-electron chi connectivity index (χ1n) is 8.91. The number of likely N-dealkylation sites (tertiary alicyclic amines) is 1. The Morgan fingerprint density at radius 2 is 2.15 bits per heavy atom. The van der Waals surface area contributed by atoms with Gasteiger partial charge < -0.3 is 14.5 Å². The van der Waals surface area contributed by atoms with Gasteiger partial charge in [0, 0.05) is 45.8 Å². The molecule has 1 amide bonds. The van der Waals surface area contributed by atoms with Crippen LogP contribution in [0.2, 0.25) is 0 Å². The predicted molar refractivity (Wildman–Crippen MR) is 99.1 cm³/mol. The molecule has 0 unspecified atom stereocenters. The van der Waals surface area contributed by atoms with E-state index < -0.39 is 0 Å². The molecule has 1 fully saturated rings. The first kappa shape index (κ1) is 18.1. The van der Waals surface area contributed by atoms with E-state index >= 15 is 0 Å². The van der Waals surface area contributed by atoms with Gasteiger partial charge in [-0.2, -0.15) is 0 Å². The largest absolute Gasteiger partial charge is 0.482 e. The summed E-state index contributed by atoms with van der Waals surface area (Å²) in [5, 5.41) is 0. The quantitative estimate of drug-likeness (QED) is 0.787. The van der Waals surface area contributed by atoms with E-state index in [2.05, 4.69) is 15.0 Å². The van der Waals surface area contributed by atoms with Crippen molar-refractivity contribution in [3.8, 4) is 5.75 Å². The molecule has 1 atom stereocenters. The van der Waals surface area contributed by atoms with E-state index in [-0.39, 0.29) is 12.5 Å². The van der Waals surface area contributed by atoms with Gasteiger partial charge in [-0.3, -0.25) is 14.8 Å². The molecule has 0 aliphatic carbocycles. The fraction of sp³-hybridized carbons (Fsp3) is 0.474. The van der Waals surface area contributed by atoms with Crippen molar-refractivity contribution in [3.63, 3.8) is 0 Å². The molecule has 0 aromatic carbocycles. The molecule has 0 spiro atoms. The van der Waals surface area contributed by atoms with E-state index in [0.717, 1.165) is 43.9 Å². The first-order chi connectivity index (χ1) is 12.6. The lowest BCUT2D eigenvalue weighted by molar-refractivity contribution is -0.135. The maximum absolute atomic E-state index is 12.5. The third-order valence-electron chi connectivity index (χ3n) is 4.53. The van der Waals surface area contributed by atoms with Gasteiger partial charge >= 0.3 is 0 Å². The second-order valence-corrected chi connectivity index (χ2v) is 6.75. The highest BCUT2D eigenvalue weighted by Crippen LogP contribution is 2.23. The highest BCUT2D eigenvalue weighted by atomic mass is 16.5. The van der Waals surface area contributed by atoms with Crippen molar-refractivity contribution in [3.05, 3.63) is 42.6 Å². The number of carbonyl (C=O) groups is 1. The van der Waals surface area contributed by atoms with Crippen LogP contribution in [0.4, 0.5) is 5.82 Å². The molecule has 26 heavy (non-hydrogen) atoms. The van der Waals surface area contributed by atoms with Crippen LogP contribution in [0.3, 0.4) is 0 Å². The Morgan fingerprint density at radius 3 is 2.92 bits per heavy atom. The van der Waals surface area contributed by atoms with E-state index in [4.69, 9.17) is 4.74 Å². The summed E-state index contributed by atoms with van der Waals surface area (Å²) in [6.07, 6.45) is 9.66. The van der Waals surface area contributed by atoms with Gasteiger partial charge in [0.1, 0.15) is 11.6 Å². The molecule has 7 nitrogen and oxygen atoms in total. The van der Waals surface area contributed by atoms with E-state index in [1.165, 1.54) is 0 Å². The zero-order valence-corrected chi connectivity index (χ0v) is 15.3. The van der Waals surface area contributed by atoms with Gasteiger partial charge in [-0.25, -0.2) is 4.98 Å². The summed E-state index contributed by atoms with van der Waals surface area (Å²) < 4.78 is 5.54. The molecule has 0 N–H and O–H groups in total. The maximum Gasteiger partial charge on any atom is 0.260 e. The average Bonchev–Trinajstić information content (AvgIpc) is 2.67. The topological polar surface area (TPSA) is 71.5 Å². The van der Waals surface area contributed by atoms with Crippen molar-refractivity contribution in [2.24, 2.45) is 5.92 Å². The Kier molecular flexibility index (Phi) is 5.99. The van der Waals surface area contributed by atoms with Crippen molar-refractivity contribution in [2.45, 2.75) is 19.3 Å². The standard InChI is InChI=1S/C19H25N5O2/c1-23(2)19-17(21-8-9-22-19)11-15-5-4-10-24(13-15)18(25)14-26-16-6-3-7-20-12-16/h3,6-9,12,15H,4-5,10-11,13-14H2,1-2H3/t15-/m0/s1. The number of hydrogen-bond acceptors (Lipinski definition) is 6. The zero-order valence-electron chi connectivity index (χ0n) is 15.3. The molecule has 1 aliphatic heterocycles. The molecule has 0 radical (unpaired) electrons. The van der Waals surface area contributed by atoms with E-state index in [0.29, 0.717) is 11.7 Å². The molecule has 2 aromatic rings. The lowest BCUT2D eigenvalue weighted by Gasteiger charge is -2.33. The Bertz CT molecular complexity index is 723. The molecular weight excluding hydrogens is 330 g/mol. The molecule has 1 saturated heterocycles. The SMILES string of the molecule is CN(C)c1nccnc1C[C@@H]1CCCN(C(=O)COc2cccnc2)C1. The van der Waals surface area contributed by atoms with Crippen molar-refractivity contribution in [1.29, 1.82) is 0 Å². The number of nitrogens with zero attached hydrogens (tertiary/aromatic N) is 5. The number of anilines is 1.